The van der Waals surface area contributed by atoms with Crippen LogP contribution in [0.25, 0.3) is 0 Å². The zero-order valence-corrected chi connectivity index (χ0v) is 13.7. The molecule has 0 rings (SSSR count). The predicted octanol–water partition coefficient (Wildman–Crippen LogP) is -0.631. The van der Waals surface area contributed by atoms with Crippen LogP contribution >= 0.6 is 0 Å². The van der Waals surface area contributed by atoms with Gasteiger partial charge in [-0.25, -0.2) is 21.4 Å². The van der Waals surface area contributed by atoms with Crippen LogP contribution in [0.3, 0.4) is 0 Å². The molecule has 0 aliphatic rings. The number of carbonyl (C=O) groups excluding carboxylic acids is 3. The Morgan fingerprint density at radius 3 is 1.92 bits per heavy atom. The van der Waals surface area contributed by atoms with Crippen LogP contribution < -0.4 is 11.8 Å². The van der Waals surface area contributed by atoms with Crippen molar-refractivity contribution in [3.8, 4) is 0 Å². The second-order valence-electron chi connectivity index (χ2n) is 5.07. The molecule has 0 radical (unpaired) electrons. The first-order valence-corrected chi connectivity index (χ1v) is 7.12. The smallest absolute Gasteiger partial charge is 0.334 e. The van der Waals surface area contributed by atoms with Crippen LogP contribution in [0.15, 0.2) is 12.7 Å². The van der Waals surface area contributed by atoms with Gasteiger partial charge in [0.1, 0.15) is 18.6 Å². The molecule has 10 nitrogen and oxygen atoms in total. The average Bonchev–Trinajstić information content (AvgIpc) is 2.55. The van der Waals surface area contributed by atoms with Crippen molar-refractivity contribution >= 4 is 17.9 Å². The van der Waals surface area contributed by atoms with Gasteiger partial charge in [0.15, 0.2) is 13.2 Å². The van der Waals surface area contributed by atoms with Crippen molar-refractivity contribution < 1.29 is 38.3 Å². The first-order valence-electron chi connectivity index (χ1n) is 7.12. The van der Waals surface area contributed by atoms with Crippen LogP contribution in [0.5, 0.6) is 0 Å². The van der Waals surface area contributed by atoms with E-state index in [9.17, 15) is 14.4 Å². The molecule has 0 saturated heterocycles. The Kier molecular flexibility index (Phi) is 11.4. The van der Waals surface area contributed by atoms with E-state index in [0.717, 1.165) is 0 Å². The summed E-state index contributed by atoms with van der Waals surface area (Å²) in [6, 6.07) is 0. The van der Waals surface area contributed by atoms with Gasteiger partial charge >= 0.3 is 17.9 Å². The van der Waals surface area contributed by atoms with Crippen LogP contribution in [-0.4, -0.2) is 50.9 Å². The average molecular weight is 348 g/mol. The summed E-state index contributed by atoms with van der Waals surface area (Å²) in [6.07, 6.45) is 2.96. The number of hydrogen-bond acceptors (Lipinski definition) is 10. The fourth-order valence-corrected chi connectivity index (χ4v) is 1.43. The molecule has 0 saturated carbocycles. The number of ether oxygens (including phenoxy) is 3. The molecule has 0 atom stereocenters. The fourth-order valence-electron chi connectivity index (χ4n) is 1.43. The van der Waals surface area contributed by atoms with E-state index >= 15 is 0 Å². The Hall–Kier alpha value is -2.01. The molecule has 0 aliphatic carbocycles. The number of unbranched alkanes of at least 4 members (excludes halogenated alkanes) is 1. The lowest BCUT2D eigenvalue weighted by molar-refractivity contribution is -0.172. The number of carbonyl (C=O) groups is 3. The third-order valence-electron chi connectivity index (χ3n) is 2.78. The van der Waals surface area contributed by atoms with Crippen LogP contribution in [0.4, 0.5) is 0 Å². The molecule has 10 heteroatoms. The van der Waals surface area contributed by atoms with E-state index in [0.29, 0.717) is 12.8 Å². The van der Waals surface area contributed by atoms with Crippen molar-refractivity contribution in [2.75, 3.05) is 33.0 Å². The standard InChI is InChI=1S/C14H24N2O8/c1-3-4-5-6-20-13(19)14(2,9-21-11(17)7-23-15)10-22-12(18)8-24-16/h3H,1,4-10,15-16H2,2H3. The number of allylic oxidation sites excluding steroid dienone is 1. The van der Waals surface area contributed by atoms with E-state index in [1.165, 1.54) is 6.92 Å². The van der Waals surface area contributed by atoms with Crippen molar-refractivity contribution in [1.29, 1.82) is 0 Å². The SMILES string of the molecule is C=CCCCOC(=O)C(C)(COC(=O)CON)COC(=O)CON. The molecular formula is C14H24N2O8. The highest BCUT2D eigenvalue weighted by Gasteiger charge is 2.38. The molecule has 0 unspecified atom stereocenters. The maximum atomic E-state index is 12.2. The Labute approximate surface area is 139 Å². The first kappa shape index (κ1) is 22.0. The van der Waals surface area contributed by atoms with Crippen molar-refractivity contribution in [2.24, 2.45) is 17.2 Å². The van der Waals surface area contributed by atoms with Crippen molar-refractivity contribution in [1.82, 2.24) is 0 Å². The summed E-state index contributed by atoms with van der Waals surface area (Å²) in [5, 5.41) is 0. The summed E-state index contributed by atoms with van der Waals surface area (Å²) in [5.41, 5.74) is -1.40. The quantitative estimate of drug-likeness (QED) is 0.145. The minimum Gasteiger partial charge on any atom is -0.465 e. The lowest BCUT2D eigenvalue weighted by Crippen LogP contribution is -2.41. The Bertz CT molecular complexity index is 405. The van der Waals surface area contributed by atoms with Gasteiger partial charge in [-0.3, -0.25) is 14.5 Å². The number of hydrogen-bond donors (Lipinski definition) is 2. The Balaban J connectivity index is 4.71. The van der Waals surface area contributed by atoms with E-state index in [-0.39, 0.29) is 19.8 Å². The number of esters is 3. The predicted molar refractivity (Wildman–Crippen MR) is 80.7 cm³/mol. The van der Waals surface area contributed by atoms with E-state index < -0.39 is 36.5 Å². The highest BCUT2D eigenvalue weighted by Crippen LogP contribution is 2.20. The van der Waals surface area contributed by atoms with Crippen LogP contribution in [0.2, 0.25) is 0 Å². The summed E-state index contributed by atoms with van der Waals surface area (Å²) in [7, 11) is 0. The summed E-state index contributed by atoms with van der Waals surface area (Å²) in [6.45, 7) is 3.41. The monoisotopic (exact) mass is 348 g/mol. The summed E-state index contributed by atoms with van der Waals surface area (Å²) < 4.78 is 14.9. The molecule has 4 N–H and O–H groups in total. The normalized spacial score (nSPS) is 10.8. The van der Waals surface area contributed by atoms with Crippen molar-refractivity contribution in [2.45, 2.75) is 19.8 Å². The summed E-state index contributed by atoms with van der Waals surface area (Å²) >= 11 is 0. The Morgan fingerprint density at radius 2 is 1.50 bits per heavy atom. The fraction of sp³-hybridized carbons (Fsp3) is 0.643. The van der Waals surface area contributed by atoms with Gasteiger partial charge < -0.3 is 14.2 Å². The first-order chi connectivity index (χ1) is 11.4. The highest BCUT2D eigenvalue weighted by molar-refractivity contribution is 5.78. The molecular weight excluding hydrogens is 324 g/mol. The molecule has 0 amide bonds. The van der Waals surface area contributed by atoms with Gasteiger partial charge in [0, 0.05) is 0 Å². The molecule has 138 valence electrons. The largest absolute Gasteiger partial charge is 0.465 e. The van der Waals surface area contributed by atoms with Gasteiger partial charge in [0.05, 0.1) is 6.61 Å². The second-order valence-corrected chi connectivity index (χ2v) is 5.07. The van der Waals surface area contributed by atoms with Gasteiger partial charge in [-0.05, 0) is 19.8 Å². The third kappa shape index (κ3) is 9.20. The van der Waals surface area contributed by atoms with Gasteiger partial charge in [-0.1, -0.05) is 6.08 Å². The van der Waals surface area contributed by atoms with Crippen LogP contribution in [0, 0.1) is 5.41 Å². The minimum atomic E-state index is -1.40. The van der Waals surface area contributed by atoms with Gasteiger partial charge in [-0.2, -0.15) is 0 Å². The maximum Gasteiger partial charge on any atom is 0.334 e. The second kappa shape index (κ2) is 12.4. The van der Waals surface area contributed by atoms with E-state index in [4.69, 9.17) is 26.0 Å². The third-order valence-corrected chi connectivity index (χ3v) is 2.78. The minimum absolute atomic E-state index is 0.153. The Morgan fingerprint density at radius 1 is 1.00 bits per heavy atom. The lowest BCUT2D eigenvalue weighted by Gasteiger charge is -2.26. The molecule has 24 heavy (non-hydrogen) atoms. The number of nitrogens with two attached hydrogens (primary N) is 2. The molecule has 0 heterocycles. The summed E-state index contributed by atoms with van der Waals surface area (Å²) in [4.78, 5) is 43.1. The van der Waals surface area contributed by atoms with Crippen LogP contribution in [-0.2, 0) is 38.3 Å². The molecule has 0 spiro atoms. The van der Waals surface area contributed by atoms with Gasteiger partial charge in [-0.15, -0.1) is 6.58 Å². The zero-order chi connectivity index (χ0) is 18.4. The molecule has 0 bridgehead atoms. The highest BCUT2D eigenvalue weighted by atomic mass is 16.6. The topological polar surface area (TPSA) is 149 Å². The molecule has 0 fully saturated rings. The zero-order valence-electron chi connectivity index (χ0n) is 13.7. The summed E-state index contributed by atoms with van der Waals surface area (Å²) in [5.74, 6) is 7.28. The van der Waals surface area contributed by atoms with Crippen molar-refractivity contribution in [3.05, 3.63) is 12.7 Å². The molecule has 0 aromatic carbocycles. The maximum absolute atomic E-state index is 12.2. The molecule has 0 aromatic heterocycles. The van der Waals surface area contributed by atoms with Gasteiger partial charge in [0.2, 0.25) is 0 Å². The molecule has 0 aliphatic heterocycles. The van der Waals surface area contributed by atoms with Crippen molar-refractivity contribution in [3.63, 3.8) is 0 Å². The van der Waals surface area contributed by atoms with Gasteiger partial charge in [0.25, 0.3) is 0 Å². The van der Waals surface area contributed by atoms with E-state index in [1.807, 2.05) is 0 Å². The van der Waals surface area contributed by atoms with E-state index in [2.05, 4.69) is 16.3 Å². The van der Waals surface area contributed by atoms with E-state index in [1.54, 1.807) is 6.08 Å². The lowest BCUT2D eigenvalue weighted by atomic mass is 9.93. The van der Waals surface area contributed by atoms with Crippen LogP contribution in [0.1, 0.15) is 19.8 Å². The molecule has 0 aromatic rings. The number of rotatable bonds is 13.